The number of aliphatic hydroxyl groups is 1. The second-order valence-electron chi connectivity index (χ2n) is 9.48. The third-order valence-corrected chi connectivity index (χ3v) is 7.18. The number of aliphatic hydroxyl groups excluding tert-OH is 1. The molecule has 1 aliphatic heterocycles. The van der Waals surface area contributed by atoms with E-state index in [2.05, 4.69) is 26.7 Å². The topological polar surface area (TPSA) is 131 Å². The normalized spacial score (nSPS) is 26.7. The predicted molar refractivity (Wildman–Crippen MR) is 125 cm³/mol. The number of carbonyl (C=O) groups is 2. The summed E-state index contributed by atoms with van der Waals surface area (Å²) in [6, 6.07) is 11.1. The highest BCUT2D eigenvalue weighted by molar-refractivity contribution is 6.01. The summed E-state index contributed by atoms with van der Waals surface area (Å²) >= 11 is 0. The van der Waals surface area contributed by atoms with Crippen molar-refractivity contribution in [3.8, 4) is 6.07 Å². The number of nitrogens with one attached hydrogen (secondary N) is 2. The minimum absolute atomic E-state index is 0.0952. The van der Waals surface area contributed by atoms with Crippen LogP contribution in [0.25, 0.3) is 0 Å². The Labute approximate surface area is 198 Å². The van der Waals surface area contributed by atoms with E-state index in [-0.39, 0.29) is 29.9 Å². The molecular weight excluding hydrogens is 432 g/mol. The molecule has 0 radical (unpaired) electrons. The van der Waals surface area contributed by atoms with Crippen LogP contribution in [0, 0.1) is 22.7 Å². The molecule has 3 aliphatic rings. The van der Waals surface area contributed by atoms with E-state index in [1.54, 1.807) is 41.4 Å². The Morgan fingerprint density at radius 2 is 1.85 bits per heavy atom. The van der Waals surface area contributed by atoms with Gasteiger partial charge in [0.1, 0.15) is 11.2 Å². The zero-order chi connectivity index (χ0) is 23.7. The van der Waals surface area contributed by atoms with Gasteiger partial charge < -0.3 is 15.7 Å². The maximum atomic E-state index is 13.0. The zero-order valence-electron chi connectivity index (χ0n) is 18.9. The number of amides is 2. The van der Waals surface area contributed by atoms with Gasteiger partial charge >= 0.3 is 0 Å². The van der Waals surface area contributed by atoms with Crippen LogP contribution in [0.2, 0.25) is 0 Å². The first-order chi connectivity index (χ1) is 16.5. The van der Waals surface area contributed by atoms with E-state index in [9.17, 15) is 20.0 Å². The highest BCUT2D eigenvalue weighted by atomic mass is 16.3. The average molecular weight is 461 g/mol. The summed E-state index contributed by atoms with van der Waals surface area (Å²) in [4.78, 5) is 35.9. The Balaban J connectivity index is 1.22. The molecule has 2 aromatic rings. The van der Waals surface area contributed by atoms with E-state index < -0.39 is 5.41 Å². The molecule has 1 aromatic carbocycles. The first-order valence-corrected chi connectivity index (χ1v) is 11.9. The highest BCUT2D eigenvalue weighted by Gasteiger charge is 2.57. The van der Waals surface area contributed by atoms with E-state index in [0.29, 0.717) is 48.8 Å². The van der Waals surface area contributed by atoms with Crippen LogP contribution in [0.1, 0.15) is 55.3 Å². The summed E-state index contributed by atoms with van der Waals surface area (Å²) in [5.41, 5.74) is 0.361. The Kier molecular flexibility index (Phi) is 5.92. The van der Waals surface area contributed by atoms with Gasteiger partial charge in [0.05, 0.1) is 12.2 Å². The molecule has 2 heterocycles. The number of anilines is 3. The number of benzene rings is 1. The van der Waals surface area contributed by atoms with Crippen LogP contribution < -0.4 is 15.5 Å². The highest BCUT2D eigenvalue weighted by Crippen LogP contribution is 2.51. The van der Waals surface area contributed by atoms with Gasteiger partial charge in [-0.1, -0.05) is 0 Å². The lowest BCUT2D eigenvalue weighted by molar-refractivity contribution is -0.123. The summed E-state index contributed by atoms with van der Waals surface area (Å²) < 4.78 is 0. The maximum absolute atomic E-state index is 13.0. The first kappa shape index (κ1) is 22.3. The summed E-state index contributed by atoms with van der Waals surface area (Å²) in [6.07, 6.45) is 6.74. The van der Waals surface area contributed by atoms with Gasteiger partial charge in [0, 0.05) is 30.0 Å². The Bertz CT molecular complexity index is 1120. The third kappa shape index (κ3) is 4.33. The lowest BCUT2D eigenvalue weighted by Crippen LogP contribution is -2.38. The average Bonchev–Trinajstić information content (AvgIpc) is 3.65. The molecule has 3 N–H and O–H groups in total. The predicted octanol–water partition coefficient (Wildman–Crippen LogP) is 2.91. The number of nitriles is 1. The van der Waals surface area contributed by atoms with Gasteiger partial charge in [0.15, 0.2) is 0 Å². The van der Waals surface area contributed by atoms with Gasteiger partial charge in [-0.2, -0.15) is 10.2 Å². The van der Waals surface area contributed by atoms with Crippen LogP contribution in [0.4, 0.5) is 17.5 Å². The van der Waals surface area contributed by atoms with Crippen LogP contribution in [-0.4, -0.2) is 45.6 Å². The molecule has 34 heavy (non-hydrogen) atoms. The number of hydrogen-bond acceptors (Lipinski definition) is 7. The molecule has 0 spiro atoms. The number of nitrogens with zero attached hydrogens (tertiary/aromatic N) is 4. The molecule has 9 nitrogen and oxygen atoms in total. The molecular formula is C25H28N6O3. The van der Waals surface area contributed by atoms with Crippen LogP contribution in [0.3, 0.4) is 0 Å². The van der Waals surface area contributed by atoms with Crippen molar-refractivity contribution in [2.24, 2.45) is 11.3 Å². The fourth-order valence-corrected chi connectivity index (χ4v) is 4.99. The minimum atomic E-state index is -0.910. The number of aromatic nitrogens is 2. The molecule has 5 rings (SSSR count). The van der Waals surface area contributed by atoms with Crippen molar-refractivity contribution in [2.45, 2.75) is 57.1 Å². The van der Waals surface area contributed by atoms with Gasteiger partial charge in [-0.15, -0.1) is 0 Å². The van der Waals surface area contributed by atoms with Crippen LogP contribution in [0.15, 0.2) is 36.5 Å². The second kappa shape index (κ2) is 9.03. The fraction of sp³-hybridized carbons (Fsp3) is 0.480. The Morgan fingerprint density at radius 1 is 1.12 bits per heavy atom. The van der Waals surface area contributed by atoms with Gasteiger partial charge in [0.2, 0.25) is 11.9 Å². The number of rotatable bonds is 6. The molecule has 2 amide bonds. The van der Waals surface area contributed by atoms with Gasteiger partial charge in [-0.3, -0.25) is 14.5 Å². The molecule has 0 bridgehead atoms. The van der Waals surface area contributed by atoms with Crippen molar-refractivity contribution in [3.63, 3.8) is 0 Å². The first-order valence-electron chi connectivity index (χ1n) is 11.9. The van der Waals surface area contributed by atoms with E-state index in [4.69, 9.17) is 0 Å². The van der Waals surface area contributed by atoms with Crippen LogP contribution in [-0.2, 0) is 4.79 Å². The largest absolute Gasteiger partial charge is 0.393 e. The standard InChI is InChI=1S/C25H28N6O3/c26-15-25(17-3-4-17)12-14-31(23(25)34)21-11-13-27-24(30-21)29-19-5-1-16(2-6-19)22(33)28-18-7-9-20(32)10-8-18/h1-2,5-6,11,13,17-18,20,32H,3-4,7-10,12,14H2,(H,28,33)(H,27,29,30)/t18-,20-,25-/m1/s1. The molecule has 176 valence electrons. The fourth-order valence-electron chi connectivity index (χ4n) is 4.99. The van der Waals surface area contributed by atoms with Crippen molar-refractivity contribution >= 4 is 29.3 Å². The molecule has 3 fully saturated rings. The zero-order valence-corrected chi connectivity index (χ0v) is 18.9. The lowest BCUT2D eigenvalue weighted by atomic mass is 9.83. The van der Waals surface area contributed by atoms with Crippen molar-refractivity contribution in [3.05, 3.63) is 42.1 Å². The van der Waals surface area contributed by atoms with Crippen LogP contribution in [0.5, 0.6) is 0 Å². The van der Waals surface area contributed by atoms with Crippen molar-refractivity contribution < 1.29 is 14.7 Å². The van der Waals surface area contributed by atoms with E-state index in [1.807, 2.05) is 0 Å². The molecule has 1 aromatic heterocycles. The quantitative estimate of drug-likeness (QED) is 0.604. The Hall–Kier alpha value is -3.51. The summed E-state index contributed by atoms with van der Waals surface area (Å²) in [7, 11) is 0. The summed E-state index contributed by atoms with van der Waals surface area (Å²) in [6.45, 7) is 0.475. The van der Waals surface area contributed by atoms with Gasteiger partial charge in [-0.05, 0) is 81.2 Å². The molecule has 2 aliphatic carbocycles. The van der Waals surface area contributed by atoms with Crippen molar-refractivity contribution in [1.82, 2.24) is 15.3 Å². The molecule has 9 heteroatoms. The van der Waals surface area contributed by atoms with Gasteiger partial charge in [0.25, 0.3) is 5.91 Å². The smallest absolute Gasteiger partial charge is 0.251 e. The summed E-state index contributed by atoms with van der Waals surface area (Å²) in [5.74, 6) is 0.688. The van der Waals surface area contributed by atoms with Crippen molar-refractivity contribution in [2.75, 3.05) is 16.8 Å². The SMILES string of the molecule is N#C[C@@]1(C2CC2)CCN(c2ccnc(Nc3ccc(C(=O)N[C@H]4CC[C@H](O)CC4)cc3)n2)C1=O. The third-order valence-electron chi connectivity index (χ3n) is 7.18. The van der Waals surface area contributed by atoms with Crippen molar-refractivity contribution in [1.29, 1.82) is 5.26 Å². The summed E-state index contributed by atoms with van der Waals surface area (Å²) in [5, 5.41) is 25.5. The van der Waals surface area contributed by atoms with E-state index in [1.165, 1.54) is 0 Å². The lowest BCUT2D eigenvalue weighted by Gasteiger charge is -2.26. The second-order valence-corrected chi connectivity index (χ2v) is 9.48. The molecule has 1 saturated heterocycles. The van der Waals surface area contributed by atoms with Crippen LogP contribution >= 0.6 is 0 Å². The monoisotopic (exact) mass is 460 g/mol. The van der Waals surface area contributed by atoms with Gasteiger partial charge in [-0.25, -0.2) is 4.98 Å². The molecule has 0 unspecified atom stereocenters. The van der Waals surface area contributed by atoms with E-state index in [0.717, 1.165) is 25.7 Å². The Morgan fingerprint density at radius 3 is 2.53 bits per heavy atom. The number of hydrogen-bond donors (Lipinski definition) is 3. The molecule has 1 atom stereocenters. The number of carbonyl (C=O) groups excluding carboxylic acids is 2. The van der Waals surface area contributed by atoms with E-state index >= 15 is 0 Å². The maximum Gasteiger partial charge on any atom is 0.251 e. The minimum Gasteiger partial charge on any atom is -0.393 e. The molecule has 2 saturated carbocycles.